The molecule has 3 N–H and O–H groups in total. The third-order valence-corrected chi connectivity index (χ3v) is 5.24. The van der Waals surface area contributed by atoms with Crippen molar-refractivity contribution in [2.45, 2.75) is 33.1 Å². The van der Waals surface area contributed by atoms with Gasteiger partial charge in [-0.1, -0.05) is 30.3 Å². The second kappa shape index (κ2) is 6.93. The molecule has 132 valence electrons. The van der Waals surface area contributed by atoms with E-state index in [9.17, 15) is 0 Å². The van der Waals surface area contributed by atoms with Crippen molar-refractivity contribution in [1.82, 2.24) is 9.97 Å². The minimum atomic E-state index is 0.743. The van der Waals surface area contributed by atoms with Crippen LogP contribution in [0.2, 0.25) is 0 Å². The first-order valence-electron chi connectivity index (χ1n) is 9.35. The van der Waals surface area contributed by atoms with Crippen LogP contribution in [0.1, 0.15) is 29.5 Å². The number of aryl methyl sites for hydroxylation is 3. The van der Waals surface area contributed by atoms with E-state index >= 15 is 0 Å². The van der Waals surface area contributed by atoms with E-state index in [4.69, 9.17) is 5.73 Å². The van der Waals surface area contributed by atoms with Crippen molar-refractivity contribution in [3.63, 3.8) is 0 Å². The summed E-state index contributed by atoms with van der Waals surface area (Å²) in [7, 11) is 0. The van der Waals surface area contributed by atoms with Gasteiger partial charge in [0.1, 0.15) is 0 Å². The standard InChI is InChI=1S/C23H25N3/c1-15-10-11-16(2)22-21(15)19(8-5-6-12-24)23(26-22)18-13-17-7-3-4-9-20(17)25-14-18/h3-4,7,9-11,13-14,26H,5-6,8,12,24H2,1-2H3. The van der Waals surface area contributed by atoms with Crippen LogP contribution in [0.3, 0.4) is 0 Å². The lowest BCUT2D eigenvalue weighted by Crippen LogP contribution is -1.99. The highest BCUT2D eigenvalue weighted by atomic mass is 14.7. The number of fused-ring (bicyclic) bond motifs is 2. The molecule has 0 bridgehead atoms. The van der Waals surface area contributed by atoms with Crippen LogP contribution < -0.4 is 5.73 Å². The molecule has 2 heterocycles. The number of aromatic amines is 1. The molecule has 0 saturated carbocycles. The largest absolute Gasteiger partial charge is 0.354 e. The van der Waals surface area contributed by atoms with E-state index < -0.39 is 0 Å². The Morgan fingerprint density at radius 2 is 1.81 bits per heavy atom. The molecule has 2 aromatic carbocycles. The summed E-state index contributed by atoms with van der Waals surface area (Å²) in [4.78, 5) is 8.38. The second-order valence-electron chi connectivity index (χ2n) is 7.09. The molecule has 0 saturated heterocycles. The summed E-state index contributed by atoms with van der Waals surface area (Å²) in [5.41, 5.74) is 14.4. The zero-order valence-electron chi connectivity index (χ0n) is 15.5. The second-order valence-corrected chi connectivity index (χ2v) is 7.09. The first kappa shape index (κ1) is 16.8. The number of hydrogen-bond acceptors (Lipinski definition) is 2. The molecule has 0 aliphatic carbocycles. The van der Waals surface area contributed by atoms with Gasteiger partial charge in [-0.05, 0) is 68.5 Å². The molecule has 3 nitrogen and oxygen atoms in total. The number of pyridine rings is 1. The van der Waals surface area contributed by atoms with Crippen LogP contribution in [0.15, 0.2) is 48.7 Å². The molecule has 26 heavy (non-hydrogen) atoms. The number of nitrogens with zero attached hydrogens (tertiary/aromatic N) is 1. The van der Waals surface area contributed by atoms with Gasteiger partial charge < -0.3 is 10.7 Å². The fraction of sp³-hybridized carbons (Fsp3) is 0.261. The summed E-state index contributed by atoms with van der Waals surface area (Å²) < 4.78 is 0. The molecule has 0 fully saturated rings. The van der Waals surface area contributed by atoms with Crippen molar-refractivity contribution < 1.29 is 0 Å². The van der Waals surface area contributed by atoms with E-state index in [1.54, 1.807) is 0 Å². The molecule has 0 radical (unpaired) electrons. The van der Waals surface area contributed by atoms with Crippen LogP contribution in [0.4, 0.5) is 0 Å². The molecule has 0 spiro atoms. The van der Waals surface area contributed by atoms with Crippen molar-refractivity contribution in [3.8, 4) is 11.3 Å². The number of benzene rings is 2. The summed E-state index contributed by atoms with van der Waals surface area (Å²) in [5.74, 6) is 0. The van der Waals surface area contributed by atoms with Gasteiger partial charge in [0.15, 0.2) is 0 Å². The van der Waals surface area contributed by atoms with Crippen molar-refractivity contribution >= 4 is 21.8 Å². The molecule has 0 aliphatic heterocycles. The first-order valence-corrected chi connectivity index (χ1v) is 9.35. The number of unbranched alkanes of at least 4 members (excludes halogenated alkanes) is 1. The summed E-state index contributed by atoms with van der Waals surface area (Å²) in [6.07, 6.45) is 5.17. The van der Waals surface area contributed by atoms with Crippen LogP contribution in [0.5, 0.6) is 0 Å². The fourth-order valence-electron chi connectivity index (χ4n) is 3.84. The monoisotopic (exact) mass is 343 g/mol. The molecule has 4 rings (SSSR count). The van der Waals surface area contributed by atoms with Crippen molar-refractivity contribution in [2.75, 3.05) is 6.54 Å². The lowest BCUT2D eigenvalue weighted by atomic mass is 9.97. The van der Waals surface area contributed by atoms with E-state index in [0.717, 1.165) is 36.9 Å². The van der Waals surface area contributed by atoms with Crippen LogP contribution in [0.25, 0.3) is 33.1 Å². The molecule has 2 aromatic heterocycles. The van der Waals surface area contributed by atoms with Gasteiger partial charge in [0, 0.05) is 28.0 Å². The summed E-state index contributed by atoms with van der Waals surface area (Å²) in [6.45, 7) is 5.11. The van der Waals surface area contributed by atoms with Crippen LogP contribution in [-0.2, 0) is 6.42 Å². The molecule has 4 aromatic rings. The number of nitrogens with one attached hydrogen (secondary N) is 1. The lowest BCUT2D eigenvalue weighted by molar-refractivity contribution is 0.748. The number of rotatable bonds is 5. The Morgan fingerprint density at radius 3 is 2.65 bits per heavy atom. The minimum absolute atomic E-state index is 0.743. The van der Waals surface area contributed by atoms with Gasteiger partial charge in [0.05, 0.1) is 11.2 Å². The molecule has 3 heteroatoms. The Kier molecular flexibility index (Phi) is 4.48. The zero-order chi connectivity index (χ0) is 18.1. The molecule has 0 atom stereocenters. The highest BCUT2D eigenvalue weighted by Gasteiger charge is 2.16. The molecule has 0 unspecified atom stereocenters. The molecule has 0 aliphatic rings. The van der Waals surface area contributed by atoms with Gasteiger partial charge in [-0.25, -0.2) is 0 Å². The average Bonchev–Trinajstić information content (AvgIpc) is 3.05. The maximum absolute atomic E-state index is 5.73. The Labute approximate surface area is 154 Å². The van der Waals surface area contributed by atoms with Crippen LogP contribution >= 0.6 is 0 Å². The number of aromatic nitrogens is 2. The summed E-state index contributed by atoms with van der Waals surface area (Å²) >= 11 is 0. The van der Waals surface area contributed by atoms with Gasteiger partial charge in [-0.3, -0.25) is 4.98 Å². The predicted molar refractivity (Wildman–Crippen MR) is 111 cm³/mol. The van der Waals surface area contributed by atoms with Crippen molar-refractivity contribution in [1.29, 1.82) is 0 Å². The lowest BCUT2D eigenvalue weighted by Gasteiger charge is -2.07. The van der Waals surface area contributed by atoms with E-state index in [1.165, 1.54) is 38.7 Å². The Hall–Kier alpha value is -2.65. The maximum atomic E-state index is 5.73. The smallest absolute Gasteiger partial charge is 0.0702 e. The Morgan fingerprint density at radius 1 is 1.00 bits per heavy atom. The normalized spacial score (nSPS) is 11.5. The Balaban J connectivity index is 1.93. The summed E-state index contributed by atoms with van der Waals surface area (Å²) in [5, 5.41) is 2.54. The summed E-state index contributed by atoms with van der Waals surface area (Å²) in [6, 6.07) is 14.9. The average molecular weight is 343 g/mol. The van der Waals surface area contributed by atoms with E-state index in [0.29, 0.717) is 0 Å². The van der Waals surface area contributed by atoms with Crippen molar-refractivity contribution in [3.05, 3.63) is 65.4 Å². The van der Waals surface area contributed by atoms with Gasteiger partial charge >= 0.3 is 0 Å². The topological polar surface area (TPSA) is 54.7 Å². The number of nitrogens with two attached hydrogens (primary N) is 1. The van der Waals surface area contributed by atoms with E-state index in [-0.39, 0.29) is 0 Å². The van der Waals surface area contributed by atoms with E-state index in [2.05, 4.69) is 60.2 Å². The fourth-order valence-corrected chi connectivity index (χ4v) is 3.84. The van der Waals surface area contributed by atoms with Gasteiger partial charge in [-0.15, -0.1) is 0 Å². The van der Waals surface area contributed by atoms with Crippen molar-refractivity contribution in [2.24, 2.45) is 5.73 Å². The van der Waals surface area contributed by atoms with Gasteiger partial charge in [0.2, 0.25) is 0 Å². The number of hydrogen-bond donors (Lipinski definition) is 2. The van der Waals surface area contributed by atoms with Gasteiger partial charge in [-0.2, -0.15) is 0 Å². The number of H-pyrrole nitrogens is 1. The van der Waals surface area contributed by atoms with Gasteiger partial charge in [0.25, 0.3) is 0 Å². The number of para-hydroxylation sites is 1. The third-order valence-electron chi connectivity index (χ3n) is 5.24. The highest BCUT2D eigenvalue weighted by Crippen LogP contribution is 2.35. The maximum Gasteiger partial charge on any atom is 0.0702 e. The van der Waals surface area contributed by atoms with Crippen LogP contribution in [0, 0.1) is 13.8 Å². The van der Waals surface area contributed by atoms with E-state index in [1.807, 2.05) is 12.3 Å². The molecular formula is C23H25N3. The third kappa shape index (κ3) is 2.89. The first-order chi connectivity index (χ1) is 12.7. The highest BCUT2D eigenvalue weighted by molar-refractivity contribution is 5.96. The SMILES string of the molecule is Cc1ccc(C)c2c(CCCCN)c(-c3cnc4ccccc4c3)[nH]c12. The zero-order valence-corrected chi connectivity index (χ0v) is 15.5. The quantitative estimate of drug-likeness (QED) is 0.484. The predicted octanol–water partition coefficient (Wildman–Crippen LogP) is 5.28. The Bertz CT molecular complexity index is 1080. The minimum Gasteiger partial charge on any atom is -0.354 e. The molecular weight excluding hydrogens is 318 g/mol. The molecule has 0 amide bonds. The van der Waals surface area contributed by atoms with Crippen LogP contribution in [-0.4, -0.2) is 16.5 Å².